The molecule has 0 atom stereocenters. The molecular weight excluding hydrogens is 383 g/mol. The monoisotopic (exact) mass is 401 g/mol. The quantitative estimate of drug-likeness (QED) is 0.858. The van der Waals surface area contributed by atoms with E-state index in [1.807, 2.05) is 32.1 Å². The Balaban J connectivity index is 1.60. The highest BCUT2D eigenvalue weighted by atomic mass is 19.4. The normalized spacial score (nSPS) is 16.5. The van der Waals surface area contributed by atoms with Gasteiger partial charge in [-0.2, -0.15) is 13.2 Å². The first kappa shape index (κ1) is 19.2. The van der Waals surface area contributed by atoms with Crippen molar-refractivity contribution < 1.29 is 22.7 Å². The van der Waals surface area contributed by atoms with E-state index in [1.165, 1.54) is 6.07 Å². The van der Waals surface area contributed by atoms with Crippen LogP contribution >= 0.6 is 0 Å². The number of hydrogen-bond donors (Lipinski definition) is 1. The molecular formula is C21H18F3N3O2. The van der Waals surface area contributed by atoms with Crippen LogP contribution in [0.1, 0.15) is 42.7 Å². The number of rotatable bonds is 3. The Morgan fingerprint density at radius 3 is 2.72 bits per heavy atom. The van der Waals surface area contributed by atoms with Gasteiger partial charge in [-0.05, 0) is 32.4 Å². The fourth-order valence-electron chi connectivity index (χ4n) is 3.54. The molecule has 0 saturated carbocycles. The van der Waals surface area contributed by atoms with Crippen molar-refractivity contribution in [1.82, 2.24) is 15.3 Å². The fourth-order valence-corrected chi connectivity index (χ4v) is 3.54. The Hall–Kier alpha value is -3.16. The second kappa shape index (κ2) is 6.72. The lowest BCUT2D eigenvalue weighted by molar-refractivity contribution is -0.137. The highest BCUT2D eigenvalue weighted by Gasteiger charge is 2.37. The zero-order chi connectivity index (χ0) is 20.8. The molecule has 1 N–H and O–H groups in total. The van der Waals surface area contributed by atoms with E-state index < -0.39 is 23.2 Å². The number of allylic oxidation sites excluding steroid dienone is 1. The van der Waals surface area contributed by atoms with Crippen LogP contribution in [0.25, 0.3) is 17.9 Å². The third kappa shape index (κ3) is 3.50. The molecule has 0 fully saturated rings. The van der Waals surface area contributed by atoms with Gasteiger partial charge in [-0.25, -0.2) is 0 Å². The van der Waals surface area contributed by atoms with E-state index in [1.54, 1.807) is 6.20 Å². The Labute approximate surface area is 164 Å². The van der Waals surface area contributed by atoms with Gasteiger partial charge >= 0.3 is 6.18 Å². The minimum absolute atomic E-state index is 0.0222. The van der Waals surface area contributed by atoms with Crippen LogP contribution in [-0.2, 0) is 27.9 Å². The number of nitrogens with one attached hydrogen (secondary N) is 1. The zero-order valence-electron chi connectivity index (χ0n) is 15.8. The van der Waals surface area contributed by atoms with Gasteiger partial charge in [0.2, 0.25) is 0 Å². The summed E-state index contributed by atoms with van der Waals surface area (Å²) in [6, 6.07) is 2.17. The summed E-state index contributed by atoms with van der Waals surface area (Å²) in [4.78, 5) is 20.9. The van der Waals surface area contributed by atoms with Crippen LogP contribution in [-0.4, -0.2) is 15.9 Å². The van der Waals surface area contributed by atoms with Crippen LogP contribution < -0.4 is 15.9 Å². The SMILES string of the molecule is CC1(C)OC(C(=O)NCc2ccc(C(F)(F)F)cn2)=c2cnc3c(c21)C=CCC=3. The van der Waals surface area contributed by atoms with Crippen LogP contribution in [0.5, 0.6) is 0 Å². The van der Waals surface area contributed by atoms with Crippen LogP contribution in [0.2, 0.25) is 0 Å². The van der Waals surface area contributed by atoms with E-state index in [2.05, 4.69) is 15.3 Å². The van der Waals surface area contributed by atoms with Crippen molar-refractivity contribution in [3.05, 3.63) is 63.6 Å². The number of halogens is 3. The van der Waals surface area contributed by atoms with Gasteiger partial charge in [0.25, 0.3) is 5.91 Å². The number of carbonyl (C=O) groups excluding carboxylic acids is 1. The summed E-state index contributed by atoms with van der Waals surface area (Å²) >= 11 is 0. The van der Waals surface area contributed by atoms with Crippen molar-refractivity contribution in [2.24, 2.45) is 0 Å². The maximum absolute atomic E-state index is 12.7. The predicted molar refractivity (Wildman–Crippen MR) is 100 cm³/mol. The van der Waals surface area contributed by atoms with E-state index in [-0.39, 0.29) is 12.3 Å². The second-order valence-corrected chi connectivity index (χ2v) is 7.35. The van der Waals surface area contributed by atoms with Crippen LogP contribution in [0.4, 0.5) is 13.2 Å². The number of ether oxygens (including phenoxy) is 1. The van der Waals surface area contributed by atoms with Crippen molar-refractivity contribution >= 4 is 23.8 Å². The molecule has 0 unspecified atom stereocenters. The number of aromatic nitrogens is 2. The maximum Gasteiger partial charge on any atom is 0.417 e. The van der Waals surface area contributed by atoms with Gasteiger partial charge in [-0.3, -0.25) is 14.8 Å². The molecule has 150 valence electrons. The number of hydrogen-bond acceptors (Lipinski definition) is 4. The molecule has 29 heavy (non-hydrogen) atoms. The van der Waals surface area contributed by atoms with Crippen LogP contribution in [0.15, 0.2) is 30.6 Å². The highest BCUT2D eigenvalue weighted by Crippen LogP contribution is 2.33. The van der Waals surface area contributed by atoms with Crippen molar-refractivity contribution in [1.29, 1.82) is 0 Å². The second-order valence-electron chi connectivity index (χ2n) is 7.35. The van der Waals surface area contributed by atoms with Gasteiger partial charge in [0, 0.05) is 28.7 Å². The van der Waals surface area contributed by atoms with Gasteiger partial charge in [-0.1, -0.05) is 18.2 Å². The molecule has 0 aromatic carbocycles. The molecule has 0 bridgehead atoms. The first-order valence-corrected chi connectivity index (χ1v) is 9.07. The van der Waals surface area contributed by atoms with Gasteiger partial charge < -0.3 is 10.1 Å². The Bertz CT molecular complexity index is 1130. The summed E-state index contributed by atoms with van der Waals surface area (Å²) in [5, 5.41) is 4.14. The smallest absolute Gasteiger partial charge is 0.417 e. The average molecular weight is 401 g/mol. The number of carbonyl (C=O) groups is 1. The van der Waals surface area contributed by atoms with Crippen LogP contribution in [0.3, 0.4) is 0 Å². The van der Waals surface area contributed by atoms with E-state index >= 15 is 0 Å². The lowest BCUT2D eigenvalue weighted by Crippen LogP contribution is -2.29. The van der Waals surface area contributed by atoms with Gasteiger partial charge in [0.05, 0.1) is 23.2 Å². The van der Waals surface area contributed by atoms with Gasteiger partial charge in [0.1, 0.15) is 5.60 Å². The molecule has 2 aromatic heterocycles. The summed E-state index contributed by atoms with van der Waals surface area (Å²) in [7, 11) is 0. The summed E-state index contributed by atoms with van der Waals surface area (Å²) in [5.74, 6) is -0.324. The van der Waals surface area contributed by atoms with E-state index in [0.717, 1.165) is 35.2 Å². The fraction of sp³-hybridized carbons (Fsp3) is 0.286. The molecule has 0 spiro atoms. The lowest BCUT2D eigenvalue weighted by atomic mass is 9.92. The molecule has 2 aromatic rings. The highest BCUT2D eigenvalue weighted by molar-refractivity contribution is 6.11. The summed E-state index contributed by atoms with van der Waals surface area (Å²) in [5.41, 5.74) is 0.596. The van der Waals surface area contributed by atoms with Gasteiger partial charge in [-0.15, -0.1) is 0 Å². The number of amides is 1. The average Bonchev–Trinajstić information content (AvgIpc) is 2.97. The van der Waals surface area contributed by atoms with E-state index in [0.29, 0.717) is 10.9 Å². The molecule has 2 aliphatic rings. The number of alkyl halides is 3. The Morgan fingerprint density at radius 1 is 1.24 bits per heavy atom. The largest absolute Gasteiger partial charge is 0.477 e. The first-order valence-electron chi connectivity index (χ1n) is 9.07. The van der Waals surface area contributed by atoms with E-state index in [4.69, 9.17) is 4.74 Å². The zero-order valence-corrected chi connectivity index (χ0v) is 15.8. The Morgan fingerprint density at radius 2 is 2.03 bits per heavy atom. The van der Waals surface area contributed by atoms with Gasteiger partial charge in [0.15, 0.2) is 5.76 Å². The maximum atomic E-state index is 12.7. The molecule has 3 heterocycles. The van der Waals surface area contributed by atoms with Crippen molar-refractivity contribution in [3.8, 4) is 0 Å². The summed E-state index contributed by atoms with van der Waals surface area (Å²) in [6.45, 7) is 3.74. The molecule has 4 rings (SSSR count). The van der Waals surface area contributed by atoms with Crippen LogP contribution in [0, 0.1) is 0 Å². The number of nitrogens with zero attached hydrogens (tertiary/aromatic N) is 2. The molecule has 1 amide bonds. The third-order valence-corrected chi connectivity index (χ3v) is 4.87. The molecule has 1 aliphatic carbocycles. The molecule has 8 heteroatoms. The minimum Gasteiger partial charge on any atom is -0.477 e. The molecule has 0 radical (unpaired) electrons. The van der Waals surface area contributed by atoms with Crippen molar-refractivity contribution in [2.75, 3.05) is 0 Å². The molecule has 0 saturated heterocycles. The predicted octanol–water partition coefficient (Wildman–Crippen LogP) is 2.38. The first-order chi connectivity index (χ1) is 13.7. The van der Waals surface area contributed by atoms with Crippen molar-refractivity contribution in [2.45, 2.75) is 38.6 Å². The van der Waals surface area contributed by atoms with Crippen molar-refractivity contribution in [3.63, 3.8) is 0 Å². The summed E-state index contributed by atoms with van der Waals surface area (Å²) in [6.07, 6.45) is 4.75. The Kier molecular flexibility index (Phi) is 4.44. The third-order valence-electron chi connectivity index (χ3n) is 4.87. The number of fused-ring (bicyclic) bond motifs is 3. The standard InChI is InChI=1S/C21H18F3N3O2/c1-20(2)17-14-5-3-4-6-16(14)26-11-15(17)18(29-20)19(28)27-10-13-8-7-12(9-25-13)21(22,23)24/h3,5-9,11H,4,10H2,1-2H3,(H,27,28). The number of pyridine rings is 2. The molecule has 5 nitrogen and oxygen atoms in total. The molecule has 1 aliphatic heterocycles. The lowest BCUT2D eigenvalue weighted by Gasteiger charge is -2.23. The minimum atomic E-state index is -4.45. The topological polar surface area (TPSA) is 64.1 Å². The van der Waals surface area contributed by atoms with E-state index in [9.17, 15) is 18.0 Å². The summed E-state index contributed by atoms with van der Waals surface area (Å²) < 4.78 is 43.8.